The minimum Gasteiger partial charge on any atom is -0.491 e. The largest absolute Gasteiger partial charge is 0.491 e. The van der Waals surface area contributed by atoms with E-state index in [0.717, 1.165) is 19.8 Å². The van der Waals surface area contributed by atoms with Gasteiger partial charge in [-0.1, -0.05) is 30.3 Å². The van der Waals surface area contributed by atoms with Crippen LogP contribution in [0.2, 0.25) is 0 Å². The Labute approximate surface area is 154 Å². The molecule has 140 valence electrons. The van der Waals surface area contributed by atoms with Crippen LogP contribution in [0.25, 0.3) is 0 Å². The van der Waals surface area contributed by atoms with Gasteiger partial charge < -0.3 is 19.3 Å². The lowest BCUT2D eigenvalue weighted by Crippen LogP contribution is -2.12. The number of Topliss-reactive ketones (excluding diaryl/α,β-unsaturated/α-hetero) is 1. The number of aliphatic hydroxyl groups is 1. The topological polar surface area (TPSA) is 68.3 Å². The Morgan fingerprint density at radius 1 is 1.12 bits per heavy atom. The first-order chi connectivity index (χ1) is 12.7. The summed E-state index contributed by atoms with van der Waals surface area (Å²) in [5, 5.41) is 10.1. The molecule has 0 bridgehead atoms. The lowest BCUT2D eigenvalue weighted by molar-refractivity contribution is 0.0747. The molecule has 2 unspecified atom stereocenters. The van der Waals surface area contributed by atoms with Crippen LogP contribution in [-0.4, -0.2) is 43.4 Å². The molecule has 1 fully saturated rings. The summed E-state index contributed by atoms with van der Waals surface area (Å²) in [5.74, 6) is 0.370. The van der Waals surface area contributed by atoms with Crippen LogP contribution in [0, 0.1) is 0 Å². The highest BCUT2D eigenvalue weighted by Gasteiger charge is 2.23. The highest BCUT2D eigenvalue weighted by molar-refractivity contribution is 5.99. The average molecular weight is 358 g/mol. The van der Waals surface area contributed by atoms with Crippen LogP contribution in [0.1, 0.15) is 35.9 Å². The molecule has 2 aromatic rings. The molecule has 0 saturated carbocycles. The first kappa shape index (κ1) is 20.1. The molecule has 0 spiro atoms. The molecule has 0 aromatic heterocycles. The fraction of sp³-hybridized carbons (Fsp3) is 0.381. The number of aliphatic hydroxyl groups excluding tert-OH is 1. The minimum atomic E-state index is -1.14. The number of carbonyl (C=O) groups is 1. The molecule has 5 nitrogen and oxygen atoms in total. The number of ketones is 1. The van der Waals surface area contributed by atoms with Gasteiger partial charge in [-0.25, -0.2) is 0 Å². The second-order valence-electron chi connectivity index (χ2n) is 5.75. The molecule has 2 atom stereocenters. The zero-order chi connectivity index (χ0) is 18.8. The predicted molar refractivity (Wildman–Crippen MR) is 99.6 cm³/mol. The van der Waals surface area contributed by atoms with Crippen LogP contribution < -0.4 is 4.74 Å². The summed E-state index contributed by atoms with van der Waals surface area (Å²) in [6.45, 7) is 6.94. The molecule has 1 N–H and O–H groups in total. The van der Waals surface area contributed by atoms with Crippen molar-refractivity contribution in [2.75, 3.05) is 26.4 Å². The van der Waals surface area contributed by atoms with Crippen LogP contribution in [0.5, 0.6) is 5.75 Å². The van der Waals surface area contributed by atoms with Crippen molar-refractivity contribution in [2.24, 2.45) is 0 Å². The summed E-state index contributed by atoms with van der Waals surface area (Å²) >= 11 is 0. The van der Waals surface area contributed by atoms with E-state index in [1.54, 1.807) is 48.5 Å². The minimum absolute atomic E-state index is 0.200. The van der Waals surface area contributed by atoms with Crippen molar-refractivity contribution in [3.05, 3.63) is 65.7 Å². The van der Waals surface area contributed by atoms with Gasteiger partial charge in [0.1, 0.15) is 24.6 Å². The summed E-state index contributed by atoms with van der Waals surface area (Å²) in [7, 11) is 0. The molecule has 5 heteroatoms. The zero-order valence-electron chi connectivity index (χ0n) is 15.3. The maximum Gasteiger partial charge on any atom is 0.195 e. The summed E-state index contributed by atoms with van der Waals surface area (Å²) < 4.78 is 15.4. The summed E-state index contributed by atoms with van der Waals surface area (Å²) in [6, 6.07) is 15.7. The molecule has 1 saturated heterocycles. The molecule has 1 heterocycles. The fourth-order valence-corrected chi connectivity index (χ4v) is 2.22. The maximum absolute atomic E-state index is 12.2. The standard InChI is InChI=1S/C17H16O4.C4H10O/c18-16(12-4-2-1-3-5-12)17(19)13-6-8-14(9-7-13)20-10-15-11-21-15;1-3-5-4-2/h1-9,15-16,18H,10-11H2;3-4H2,1-2H3. The van der Waals surface area contributed by atoms with E-state index in [1.807, 2.05) is 19.9 Å². The van der Waals surface area contributed by atoms with Crippen LogP contribution >= 0.6 is 0 Å². The normalized spacial score (nSPS) is 16.2. The first-order valence-corrected chi connectivity index (χ1v) is 8.85. The van der Waals surface area contributed by atoms with E-state index in [1.165, 1.54) is 0 Å². The van der Waals surface area contributed by atoms with Gasteiger partial charge in [0, 0.05) is 18.8 Å². The summed E-state index contributed by atoms with van der Waals surface area (Å²) in [5.41, 5.74) is 1.05. The van der Waals surface area contributed by atoms with Gasteiger partial charge in [0.2, 0.25) is 0 Å². The van der Waals surface area contributed by atoms with Crippen molar-refractivity contribution in [3.8, 4) is 5.75 Å². The predicted octanol–water partition coefficient (Wildman–Crippen LogP) is 3.42. The molecular weight excluding hydrogens is 332 g/mol. The lowest BCUT2D eigenvalue weighted by atomic mass is 10.00. The van der Waals surface area contributed by atoms with Gasteiger partial charge >= 0.3 is 0 Å². The van der Waals surface area contributed by atoms with Crippen molar-refractivity contribution >= 4 is 5.78 Å². The molecule has 1 aliphatic rings. The van der Waals surface area contributed by atoms with E-state index in [4.69, 9.17) is 14.2 Å². The Morgan fingerprint density at radius 3 is 2.23 bits per heavy atom. The molecular formula is C21H26O5. The van der Waals surface area contributed by atoms with Gasteiger partial charge in [0.25, 0.3) is 0 Å². The summed E-state index contributed by atoms with van der Waals surface area (Å²) in [4.78, 5) is 12.2. The van der Waals surface area contributed by atoms with Crippen molar-refractivity contribution in [2.45, 2.75) is 26.1 Å². The first-order valence-electron chi connectivity index (χ1n) is 8.85. The number of carbonyl (C=O) groups excluding carboxylic acids is 1. The fourth-order valence-electron chi connectivity index (χ4n) is 2.22. The molecule has 0 aliphatic carbocycles. The number of rotatable bonds is 8. The van der Waals surface area contributed by atoms with E-state index < -0.39 is 6.10 Å². The van der Waals surface area contributed by atoms with Gasteiger partial charge in [-0.15, -0.1) is 0 Å². The highest BCUT2D eigenvalue weighted by atomic mass is 16.6. The molecule has 3 rings (SSSR count). The Balaban J connectivity index is 0.000000431. The Hall–Kier alpha value is -2.21. The average Bonchev–Trinajstić information content (AvgIpc) is 3.52. The number of ether oxygens (including phenoxy) is 3. The van der Waals surface area contributed by atoms with Gasteiger partial charge in [0.05, 0.1) is 6.61 Å². The third-order valence-corrected chi connectivity index (χ3v) is 3.75. The number of benzene rings is 2. The van der Waals surface area contributed by atoms with Gasteiger partial charge in [-0.2, -0.15) is 0 Å². The second-order valence-corrected chi connectivity index (χ2v) is 5.75. The SMILES string of the molecule is CCOCC.O=C(c1ccc(OCC2CO2)cc1)C(O)c1ccccc1. The van der Waals surface area contributed by atoms with Gasteiger partial charge in [0.15, 0.2) is 5.78 Å². The van der Waals surface area contributed by atoms with E-state index in [2.05, 4.69) is 0 Å². The lowest BCUT2D eigenvalue weighted by Gasteiger charge is -2.10. The highest BCUT2D eigenvalue weighted by Crippen LogP contribution is 2.21. The van der Waals surface area contributed by atoms with Crippen molar-refractivity contribution in [3.63, 3.8) is 0 Å². The van der Waals surface area contributed by atoms with E-state index >= 15 is 0 Å². The molecule has 26 heavy (non-hydrogen) atoms. The number of hydrogen-bond donors (Lipinski definition) is 1. The molecule has 0 radical (unpaired) electrons. The third-order valence-electron chi connectivity index (χ3n) is 3.75. The Kier molecular flexibility index (Phi) is 8.28. The van der Waals surface area contributed by atoms with Crippen molar-refractivity contribution in [1.82, 2.24) is 0 Å². The smallest absolute Gasteiger partial charge is 0.195 e. The Bertz CT molecular complexity index is 648. The van der Waals surface area contributed by atoms with Crippen LogP contribution in [0.15, 0.2) is 54.6 Å². The van der Waals surface area contributed by atoms with Gasteiger partial charge in [-0.05, 0) is 43.7 Å². The third kappa shape index (κ3) is 6.59. The number of epoxide rings is 1. The van der Waals surface area contributed by atoms with E-state index in [9.17, 15) is 9.90 Å². The van der Waals surface area contributed by atoms with E-state index in [-0.39, 0.29) is 11.9 Å². The zero-order valence-corrected chi connectivity index (χ0v) is 15.3. The maximum atomic E-state index is 12.2. The van der Waals surface area contributed by atoms with Crippen molar-refractivity contribution in [1.29, 1.82) is 0 Å². The Morgan fingerprint density at radius 2 is 1.73 bits per heavy atom. The second kappa shape index (κ2) is 10.7. The van der Waals surface area contributed by atoms with Crippen LogP contribution in [-0.2, 0) is 9.47 Å². The monoisotopic (exact) mass is 358 g/mol. The van der Waals surface area contributed by atoms with Crippen LogP contribution in [0.3, 0.4) is 0 Å². The van der Waals surface area contributed by atoms with Gasteiger partial charge in [-0.3, -0.25) is 4.79 Å². The summed E-state index contributed by atoms with van der Waals surface area (Å²) in [6.07, 6.45) is -0.941. The van der Waals surface area contributed by atoms with E-state index in [0.29, 0.717) is 23.5 Å². The number of hydrogen-bond acceptors (Lipinski definition) is 5. The quantitative estimate of drug-likeness (QED) is 0.578. The van der Waals surface area contributed by atoms with Crippen molar-refractivity contribution < 1.29 is 24.1 Å². The van der Waals surface area contributed by atoms with Crippen LogP contribution in [0.4, 0.5) is 0 Å². The molecule has 2 aromatic carbocycles. The molecule has 0 amide bonds. The molecule has 1 aliphatic heterocycles.